The third-order valence-electron chi connectivity index (χ3n) is 2.29. The lowest BCUT2D eigenvalue weighted by Crippen LogP contribution is -2.42. The van der Waals surface area contributed by atoms with Gasteiger partial charge in [-0.15, -0.1) is 0 Å². The molecule has 0 saturated carbocycles. The van der Waals surface area contributed by atoms with Gasteiger partial charge in [0, 0.05) is 0 Å². The normalized spacial score (nSPS) is 12.0. The third kappa shape index (κ3) is 16.8. The molecule has 13 heavy (non-hydrogen) atoms. The summed E-state index contributed by atoms with van der Waals surface area (Å²) in [4.78, 5) is 0. The Morgan fingerprint density at radius 3 is 1.15 bits per heavy atom. The maximum Gasteiger partial charge on any atom is 0.243 e. The molecule has 0 N–H and O–H groups in total. The molecule has 1 nitrogen and oxygen atoms in total. The quantitative estimate of drug-likeness (QED) is 0.308. The summed E-state index contributed by atoms with van der Waals surface area (Å²) in [5, 5.41) is 0. The summed E-state index contributed by atoms with van der Waals surface area (Å²) in [5.41, 5.74) is 0. The van der Waals surface area contributed by atoms with E-state index in [1.807, 2.05) is 0 Å². The predicted octanol–water partition coefficient (Wildman–Crippen LogP) is 4.53. The van der Waals surface area contributed by atoms with E-state index >= 15 is 0 Å². The molecule has 0 aliphatic rings. The van der Waals surface area contributed by atoms with E-state index in [0.29, 0.717) is 0 Å². The van der Waals surface area contributed by atoms with Crippen LogP contribution >= 0.6 is 69.6 Å². The molecule has 0 heterocycles. The van der Waals surface area contributed by atoms with Crippen molar-refractivity contribution in [3.63, 3.8) is 0 Å². The Kier molecular flexibility index (Phi) is 11.3. The molecule has 0 rings (SSSR count). The van der Waals surface area contributed by atoms with Gasteiger partial charge >= 0.3 is 0 Å². The van der Waals surface area contributed by atoms with Gasteiger partial charge in [-0.25, -0.2) is 0 Å². The highest BCUT2D eigenvalue weighted by Crippen LogP contribution is 2.33. The molecular weight excluding hydrogens is 476 g/mol. The van der Waals surface area contributed by atoms with Crippen LogP contribution in [0.4, 0.5) is 0 Å². The standard InChI is InChI=1S/C7H18N.BBr3I/c1-5-8(4,6-2)7-3;2-1(3,4)5/h5-7H2,1-4H3;/q+1;-1. The molecule has 0 amide bonds. The second-order valence-corrected chi connectivity index (χ2v) is 17.9. The van der Waals surface area contributed by atoms with E-state index in [1.54, 1.807) is 0 Å². The van der Waals surface area contributed by atoms with Crippen molar-refractivity contribution in [3.8, 4) is 0 Å². The zero-order valence-corrected chi connectivity index (χ0v) is 15.6. The molecule has 0 saturated heterocycles. The van der Waals surface area contributed by atoms with Crippen LogP contribution in [0.3, 0.4) is 0 Å². The second-order valence-electron chi connectivity index (χ2n) is 3.06. The highest BCUT2D eigenvalue weighted by molar-refractivity contribution is 14.1. The Balaban J connectivity index is 0. The van der Waals surface area contributed by atoms with Gasteiger partial charge in [-0.1, -0.05) is 0 Å². The van der Waals surface area contributed by atoms with Gasteiger partial charge in [0.2, 0.25) is 0.475 Å². The monoisotopic (exact) mass is 491 g/mol. The molecule has 82 valence electrons. The summed E-state index contributed by atoms with van der Waals surface area (Å²) in [6.07, 6.45) is 0. The maximum atomic E-state index is 3.26. The number of rotatable bonds is 3. The van der Waals surface area contributed by atoms with Crippen molar-refractivity contribution in [1.82, 2.24) is 0 Å². The van der Waals surface area contributed by atoms with E-state index in [0.717, 1.165) is 0 Å². The second kappa shape index (κ2) is 8.36. The van der Waals surface area contributed by atoms with Crippen LogP contribution in [0.2, 0.25) is 0 Å². The Bertz CT molecular complexity index is 111. The predicted molar refractivity (Wildman–Crippen MR) is 84.4 cm³/mol. The van der Waals surface area contributed by atoms with Crippen LogP contribution in [-0.2, 0) is 0 Å². The lowest BCUT2D eigenvalue weighted by atomic mass is 10.4. The van der Waals surface area contributed by atoms with Crippen molar-refractivity contribution in [2.24, 2.45) is 0 Å². The summed E-state index contributed by atoms with van der Waals surface area (Å²) >= 11 is 12.0. The number of halogens is 4. The first-order valence-corrected chi connectivity index (χ1v) is 8.38. The van der Waals surface area contributed by atoms with E-state index in [9.17, 15) is 0 Å². The van der Waals surface area contributed by atoms with E-state index in [2.05, 4.69) is 97.5 Å². The van der Waals surface area contributed by atoms with Gasteiger partial charge < -0.3 is 74.1 Å². The topological polar surface area (TPSA) is 0 Å². The SMILES string of the molecule is Br[B-](Br)(Br)I.CC[N+](C)(CC)CC. The van der Waals surface area contributed by atoms with Crippen LogP contribution in [0.25, 0.3) is 0 Å². The Labute approximate surface area is 121 Å². The fraction of sp³-hybridized carbons (Fsp3) is 1.00. The molecule has 0 aliphatic carbocycles. The van der Waals surface area contributed by atoms with E-state index in [-0.39, 0.29) is 0 Å². The molecule has 0 aromatic carbocycles. The molecule has 0 atom stereocenters. The van der Waals surface area contributed by atoms with Crippen LogP contribution in [0, 0.1) is 0 Å². The average Bonchev–Trinajstić information content (AvgIpc) is 2.00. The Hall–Kier alpha value is 2.19. The molecule has 0 bridgehead atoms. The fourth-order valence-electron chi connectivity index (χ4n) is 0.671. The molecule has 0 radical (unpaired) electrons. The fourth-order valence-corrected chi connectivity index (χ4v) is 0.671. The first-order valence-electron chi connectivity index (χ1n) is 4.39. The minimum Gasteiger partial charge on any atom is -0.327 e. The smallest absolute Gasteiger partial charge is 0.243 e. The maximum absolute atomic E-state index is 3.26. The molecule has 0 spiro atoms. The Morgan fingerprint density at radius 1 is 1.00 bits per heavy atom. The van der Waals surface area contributed by atoms with Crippen LogP contribution in [-0.4, -0.2) is 31.6 Å². The number of nitrogens with zero attached hydrogens (tertiary/aromatic N) is 1. The van der Waals surface area contributed by atoms with Crippen molar-refractivity contribution < 1.29 is 4.48 Å². The van der Waals surface area contributed by atoms with Gasteiger partial charge in [-0.2, -0.15) is 0 Å². The van der Waals surface area contributed by atoms with Gasteiger partial charge in [0.05, 0.1) is 26.7 Å². The van der Waals surface area contributed by atoms with Gasteiger partial charge in [-0.05, 0) is 20.8 Å². The zero-order chi connectivity index (χ0) is 11.1. The van der Waals surface area contributed by atoms with E-state index < -0.39 is 0.475 Å². The minimum absolute atomic E-state index is 0.592. The highest BCUT2D eigenvalue weighted by Gasteiger charge is 2.10. The van der Waals surface area contributed by atoms with Gasteiger partial charge in [0.1, 0.15) is 0 Å². The zero-order valence-electron chi connectivity index (χ0n) is 8.66. The molecule has 0 fully saturated rings. The molecular formula is C7H18BBr3IN. The van der Waals surface area contributed by atoms with Crippen LogP contribution in [0.5, 0.6) is 0 Å². The van der Waals surface area contributed by atoms with Crippen molar-refractivity contribution in [1.29, 1.82) is 0 Å². The third-order valence-corrected chi connectivity index (χ3v) is 2.29. The van der Waals surface area contributed by atoms with Crippen molar-refractivity contribution in [2.75, 3.05) is 26.7 Å². The van der Waals surface area contributed by atoms with Crippen molar-refractivity contribution in [2.45, 2.75) is 20.8 Å². The van der Waals surface area contributed by atoms with Gasteiger partial charge in [0.25, 0.3) is 0 Å². The molecule has 0 aromatic heterocycles. The first kappa shape index (κ1) is 17.6. The van der Waals surface area contributed by atoms with E-state index in [4.69, 9.17) is 0 Å². The lowest BCUT2D eigenvalue weighted by Gasteiger charge is -2.30. The molecule has 0 aliphatic heterocycles. The highest BCUT2D eigenvalue weighted by atomic mass is 127. The van der Waals surface area contributed by atoms with Crippen molar-refractivity contribution in [3.05, 3.63) is 0 Å². The molecule has 6 heteroatoms. The molecule has 0 unspecified atom stereocenters. The first-order chi connectivity index (χ1) is 5.68. The lowest BCUT2D eigenvalue weighted by molar-refractivity contribution is -0.904. The van der Waals surface area contributed by atoms with Crippen LogP contribution in [0.1, 0.15) is 20.8 Å². The van der Waals surface area contributed by atoms with Crippen molar-refractivity contribution >= 4 is 70.1 Å². The number of quaternary nitrogens is 1. The van der Waals surface area contributed by atoms with Gasteiger partial charge in [-0.3, -0.25) is 0 Å². The number of hydrogen-bond acceptors (Lipinski definition) is 0. The summed E-state index contributed by atoms with van der Waals surface area (Å²) in [6, 6.07) is 0. The average molecular weight is 494 g/mol. The summed E-state index contributed by atoms with van der Waals surface area (Å²) in [7, 11) is 2.29. The Morgan fingerprint density at radius 2 is 1.15 bits per heavy atom. The van der Waals surface area contributed by atoms with Crippen LogP contribution < -0.4 is 0 Å². The van der Waals surface area contributed by atoms with Gasteiger partial charge in [0.15, 0.2) is 0 Å². The summed E-state index contributed by atoms with van der Waals surface area (Å²) in [5.74, 6) is 0. The number of hydrogen-bond donors (Lipinski definition) is 0. The molecule has 0 aromatic rings. The van der Waals surface area contributed by atoms with E-state index in [1.165, 1.54) is 24.1 Å². The minimum atomic E-state index is -0.592. The largest absolute Gasteiger partial charge is 0.327 e. The summed E-state index contributed by atoms with van der Waals surface area (Å²) in [6.45, 7) is 10.5. The summed E-state index contributed by atoms with van der Waals surface area (Å²) < 4.78 is 0.616. The van der Waals surface area contributed by atoms with Crippen LogP contribution in [0.15, 0.2) is 0 Å².